The predicted octanol–water partition coefficient (Wildman–Crippen LogP) is 2.63. The number of nitrogens with zero attached hydrogens (tertiary/aromatic N) is 4. The molecule has 0 radical (unpaired) electrons. The normalized spacial score (nSPS) is 18.9. The number of pyridine rings is 1. The van der Waals surface area contributed by atoms with E-state index in [1.807, 2.05) is 20.0 Å². The van der Waals surface area contributed by atoms with E-state index in [2.05, 4.69) is 21.3 Å². The molecule has 2 aliphatic heterocycles. The van der Waals surface area contributed by atoms with Crippen molar-refractivity contribution < 1.29 is 18.8 Å². The zero-order valence-corrected chi connectivity index (χ0v) is 18.4. The van der Waals surface area contributed by atoms with Gasteiger partial charge in [-0.3, -0.25) is 19.8 Å². The fourth-order valence-corrected chi connectivity index (χ4v) is 4.33. The van der Waals surface area contributed by atoms with Gasteiger partial charge >= 0.3 is 6.03 Å². The van der Waals surface area contributed by atoms with Crippen molar-refractivity contribution in [1.82, 2.24) is 15.2 Å². The molecule has 32 heavy (non-hydrogen) atoms. The van der Waals surface area contributed by atoms with E-state index >= 15 is 0 Å². The van der Waals surface area contributed by atoms with Crippen LogP contribution in [0.3, 0.4) is 0 Å². The van der Waals surface area contributed by atoms with Crippen LogP contribution in [0.25, 0.3) is 0 Å². The second kappa shape index (κ2) is 8.57. The van der Waals surface area contributed by atoms with Crippen LogP contribution in [0.2, 0.25) is 0 Å². The van der Waals surface area contributed by atoms with Crippen molar-refractivity contribution in [2.45, 2.75) is 33.2 Å². The van der Waals surface area contributed by atoms with E-state index in [0.29, 0.717) is 32.6 Å². The Morgan fingerprint density at radius 2 is 1.88 bits per heavy atom. The predicted molar refractivity (Wildman–Crippen MR) is 118 cm³/mol. The van der Waals surface area contributed by atoms with Gasteiger partial charge in [0.1, 0.15) is 17.7 Å². The van der Waals surface area contributed by atoms with Gasteiger partial charge in [0.05, 0.1) is 5.56 Å². The second-order valence-electron chi connectivity index (χ2n) is 8.19. The standard InChI is InChI=1S/C23H26FN5O3/c1-4-19-21(30)26-23(32)29(19)16-5-6-17(18(24)12-16)22(31)28-9-7-27(8-10-28)20-15(3)11-14(2)13-25-20/h5-6,11-13,19H,4,7-10H2,1-3H3,(H,26,30,32). The number of piperazine rings is 1. The van der Waals surface area contributed by atoms with Crippen LogP contribution >= 0.6 is 0 Å². The first-order valence-electron chi connectivity index (χ1n) is 10.7. The Morgan fingerprint density at radius 1 is 1.16 bits per heavy atom. The molecule has 0 bridgehead atoms. The number of anilines is 2. The molecule has 1 atom stereocenters. The molecule has 9 heteroatoms. The van der Waals surface area contributed by atoms with Crippen LogP contribution in [0.1, 0.15) is 34.8 Å². The van der Waals surface area contributed by atoms with Crippen molar-refractivity contribution in [3.63, 3.8) is 0 Å². The van der Waals surface area contributed by atoms with E-state index in [9.17, 15) is 18.8 Å². The highest BCUT2D eigenvalue weighted by Crippen LogP contribution is 2.26. The summed E-state index contributed by atoms with van der Waals surface area (Å²) in [4.78, 5) is 46.5. The molecule has 2 fully saturated rings. The number of carbonyl (C=O) groups is 3. The Balaban J connectivity index is 1.46. The number of amides is 4. The highest BCUT2D eigenvalue weighted by molar-refractivity contribution is 6.14. The Labute approximate surface area is 186 Å². The van der Waals surface area contributed by atoms with Gasteiger partial charge < -0.3 is 9.80 Å². The monoisotopic (exact) mass is 439 g/mol. The molecule has 4 amide bonds. The van der Waals surface area contributed by atoms with Crippen molar-refractivity contribution in [2.24, 2.45) is 0 Å². The van der Waals surface area contributed by atoms with Crippen molar-refractivity contribution in [3.05, 3.63) is 53.0 Å². The number of benzene rings is 1. The molecule has 2 saturated heterocycles. The van der Waals surface area contributed by atoms with Gasteiger partial charge in [0.25, 0.3) is 11.8 Å². The number of halogens is 1. The lowest BCUT2D eigenvalue weighted by molar-refractivity contribution is -0.119. The maximum absolute atomic E-state index is 14.9. The largest absolute Gasteiger partial charge is 0.353 e. The summed E-state index contributed by atoms with van der Waals surface area (Å²) in [5, 5.41) is 2.24. The van der Waals surface area contributed by atoms with Crippen LogP contribution in [0.15, 0.2) is 30.5 Å². The average Bonchev–Trinajstić information content (AvgIpc) is 3.06. The average molecular weight is 439 g/mol. The van der Waals surface area contributed by atoms with E-state index in [-0.39, 0.29) is 11.3 Å². The maximum atomic E-state index is 14.9. The van der Waals surface area contributed by atoms with E-state index in [0.717, 1.165) is 23.0 Å². The highest BCUT2D eigenvalue weighted by Gasteiger charge is 2.38. The Hall–Kier alpha value is -3.49. The summed E-state index contributed by atoms with van der Waals surface area (Å²) in [6.07, 6.45) is 2.23. The third-order valence-corrected chi connectivity index (χ3v) is 5.96. The van der Waals surface area contributed by atoms with Gasteiger partial charge in [0.15, 0.2) is 0 Å². The molecular formula is C23H26FN5O3. The Kier molecular flexibility index (Phi) is 5.82. The highest BCUT2D eigenvalue weighted by atomic mass is 19.1. The Morgan fingerprint density at radius 3 is 2.50 bits per heavy atom. The van der Waals surface area contributed by atoms with E-state index in [1.54, 1.807) is 11.8 Å². The quantitative estimate of drug-likeness (QED) is 0.741. The number of urea groups is 1. The molecule has 2 aromatic rings. The molecule has 0 saturated carbocycles. The minimum atomic E-state index is -0.715. The maximum Gasteiger partial charge on any atom is 0.329 e. The van der Waals surface area contributed by atoms with Crippen LogP contribution in [0.4, 0.5) is 20.7 Å². The molecule has 1 aromatic heterocycles. The summed E-state index contributed by atoms with van der Waals surface area (Å²) in [7, 11) is 0. The number of rotatable bonds is 4. The van der Waals surface area contributed by atoms with Gasteiger partial charge in [-0.2, -0.15) is 0 Å². The van der Waals surface area contributed by atoms with Gasteiger partial charge in [-0.05, 0) is 49.6 Å². The minimum Gasteiger partial charge on any atom is -0.353 e. The smallest absolute Gasteiger partial charge is 0.329 e. The van der Waals surface area contributed by atoms with Gasteiger partial charge in [-0.15, -0.1) is 0 Å². The van der Waals surface area contributed by atoms with Crippen LogP contribution in [0.5, 0.6) is 0 Å². The zero-order chi connectivity index (χ0) is 23.0. The van der Waals surface area contributed by atoms with E-state index in [4.69, 9.17) is 0 Å². The van der Waals surface area contributed by atoms with E-state index in [1.165, 1.54) is 17.0 Å². The molecule has 4 rings (SSSR count). The van der Waals surface area contributed by atoms with Crippen LogP contribution in [-0.2, 0) is 4.79 Å². The summed E-state index contributed by atoms with van der Waals surface area (Å²) < 4.78 is 14.9. The number of aryl methyl sites for hydroxylation is 2. The first-order chi connectivity index (χ1) is 15.3. The lowest BCUT2D eigenvalue weighted by Gasteiger charge is -2.36. The first-order valence-corrected chi connectivity index (χ1v) is 10.7. The molecule has 1 unspecified atom stereocenters. The van der Waals surface area contributed by atoms with Crippen molar-refractivity contribution >= 4 is 29.4 Å². The number of hydrogen-bond donors (Lipinski definition) is 1. The zero-order valence-electron chi connectivity index (χ0n) is 18.4. The SMILES string of the molecule is CCC1C(=O)NC(=O)N1c1ccc(C(=O)N2CCN(c3ncc(C)cc3C)CC2)c(F)c1. The van der Waals surface area contributed by atoms with Crippen molar-refractivity contribution in [3.8, 4) is 0 Å². The number of hydrogen-bond acceptors (Lipinski definition) is 5. The fourth-order valence-electron chi connectivity index (χ4n) is 4.33. The number of imide groups is 1. The number of nitrogens with one attached hydrogen (secondary N) is 1. The topological polar surface area (TPSA) is 85.8 Å². The lowest BCUT2D eigenvalue weighted by Crippen LogP contribution is -2.49. The fraction of sp³-hybridized carbons (Fsp3) is 0.391. The van der Waals surface area contributed by atoms with Crippen LogP contribution in [-0.4, -0.2) is 60.0 Å². The third kappa shape index (κ3) is 3.90. The molecule has 3 heterocycles. The molecular weight excluding hydrogens is 413 g/mol. The van der Waals surface area contributed by atoms with Gasteiger partial charge in [-0.1, -0.05) is 13.0 Å². The summed E-state index contributed by atoms with van der Waals surface area (Å²) in [6, 6.07) is 4.84. The molecule has 2 aliphatic rings. The second-order valence-corrected chi connectivity index (χ2v) is 8.19. The summed E-state index contributed by atoms with van der Waals surface area (Å²) in [6.45, 7) is 7.91. The van der Waals surface area contributed by atoms with Crippen LogP contribution < -0.4 is 15.1 Å². The first kappa shape index (κ1) is 21.7. The molecule has 0 spiro atoms. The minimum absolute atomic E-state index is 0.0502. The molecule has 8 nitrogen and oxygen atoms in total. The lowest BCUT2D eigenvalue weighted by atomic mass is 10.1. The molecule has 1 aromatic carbocycles. The number of aromatic nitrogens is 1. The Bertz CT molecular complexity index is 1080. The molecule has 168 valence electrons. The summed E-state index contributed by atoms with van der Waals surface area (Å²) >= 11 is 0. The molecule has 1 N–H and O–H groups in total. The summed E-state index contributed by atoms with van der Waals surface area (Å²) in [5.74, 6) is -0.611. The van der Waals surface area contributed by atoms with Gasteiger partial charge in [0.2, 0.25) is 0 Å². The summed E-state index contributed by atoms with van der Waals surface area (Å²) in [5.41, 5.74) is 2.38. The van der Waals surface area contributed by atoms with E-state index < -0.39 is 29.7 Å². The van der Waals surface area contributed by atoms with Crippen molar-refractivity contribution in [2.75, 3.05) is 36.0 Å². The van der Waals surface area contributed by atoms with Gasteiger partial charge in [0, 0.05) is 38.1 Å². The third-order valence-electron chi connectivity index (χ3n) is 5.96. The molecule has 0 aliphatic carbocycles. The number of carbonyl (C=O) groups excluding carboxylic acids is 3. The van der Waals surface area contributed by atoms with Gasteiger partial charge in [-0.25, -0.2) is 14.2 Å². The van der Waals surface area contributed by atoms with Crippen LogP contribution in [0, 0.1) is 19.7 Å². The van der Waals surface area contributed by atoms with Crippen molar-refractivity contribution in [1.29, 1.82) is 0 Å².